The maximum atomic E-state index is 12.9. The van der Waals surface area contributed by atoms with Gasteiger partial charge in [0.1, 0.15) is 5.56 Å². The highest BCUT2D eigenvalue weighted by atomic mass is 32.2. The maximum Gasteiger partial charge on any atom is 0.344 e. The highest BCUT2D eigenvalue weighted by Gasteiger charge is 2.35. The largest absolute Gasteiger partial charge is 0.490 e. The van der Waals surface area contributed by atoms with E-state index in [4.69, 9.17) is 26.8 Å². The summed E-state index contributed by atoms with van der Waals surface area (Å²) in [5, 5.41) is 21.1. The lowest BCUT2D eigenvalue weighted by atomic mass is 10.1. The van der Waals surface area contributed by atoms with E-state index >= 15 is 0 Å². The number of nitrogens with one attached hydrogen (secondary N) is 1. The highest BCUT2D eigenvalue weighted by Crippen LogP contribution is 2.35. The first-order valence-corrected chi connectivity index (χ1v) is 11.3. The quantitative estimate of drug-likeness (QED) is 0.219. The Balaban J connectivity index is 1.82. The van der Waals surface area contributed by atoms with Crippen LogP contribution >= 0.6 is 24.0 Å². The number of hydrazine groups is 1. The number of rotatable bonds is 9. The number of carbonyl (C=O) groups excluding carboxylic acids is 2. The van der Waals surface area contributed by atoms with Crippen molar-refractivity contribution < 1.29 is 33.9 Å². The van der Waals surface area contributed by atoms with Crippen LogP contribution in [0.5, 0.6) is 11.5 Å². The minimum atomic E-state index is -1.14. The zero-order valence-corrected chi connectivity index (χ0v) is 20.1. The van der Waals surface area contributed by atoms with E-state index in [1.807, 2.05) is 0 Å². The lowest BCUT2D eigenvalue weighted by Crippen LogP contribution is -2.45. The Morgan fingerprint density at radius 1 is 1.29 bits per heavy atom. The van der Waals surface area contributed by atoms with Crippen LogP contribution in [0.15, 0.2) is 47.4 Å². The van der Waals surface area contributed by atoms with Crippen LogP contribution in [0.4, 0.5) is 5.69 Å². The molecule has 2 aromatic rings. The normalized spacial score (nSPS) is 15.1. The van der Waals surface area contributed by atoms with E-state index in [9.17, 15) is 24.5 Å². The minimum Gasteiger partial charge on any atom is -0.490 e. The van der Waals surface area contributed by atoms with Crippen LogP contribution in [0.3, 0.4) is 0 Å². The van der Waals surface area contributed by atoms with E-state index in [0.29, 0.717) is 12.2 Å². The van der Waals surface area contributed by atoms with Crippen molar-refractivity contribution in [2.45, 2.75) is 20.0 Å². The van der Waals surface area contributed by atoms with Gasteiger partial charge in [-0.1, -0.05) is 30.0 Å². The summed E-state index contributed by atoms with van der Waals surface area (Å²) in [4.78, 5) is 47.3. The molecule has 1 fully saturated rings. The summed E-state index contributed by atoms with van der Waals surface area (Å²) in [6.45, 7) is 3.43. The minimum absolute atomic E-state index is 0.0356. The standard InChI is InChI=1S/C22H19N3O8S2/c1-3-32-17-10-13(8-9-16(17)33-12(2)21(28)29)11-18-20(27)24(22(34)35-18)23-19(26)14-6-4-5-7-15(14)25(30)31/h4-12H,3H2,1-2H3,(H,23,26)(H,28,29)/b18-11+. The van der Waals surface area contributed by atoms with E-state index in [2.05, 4.69) is 5.43 Å². The van der Waals surface area contributed by atoms with Gasteiger partial charge in [-0.2, -0.15) is 5.01 Å². The first-order valence-electron chi connectivity index (χ1n) is 10.1. The second-order valence-electron chi connectivity index (χ2n) is 6.97. The summed E-state index contributed by atoms with van der Waals surface area (Å²) in [6, 6.07) is 10.0. The maximum absolute atomic E-state index is 12.9. The van der Waals surface area contributed by atoms with Crippen molar-refractivity contribution in [1.29, 1.82) is 0 Å². The number of aliphatic carboxylic acids is 1. The van der Waals surface area contributed by atoms with Crippen molar-refractivity contribution in [2.75, 3.05) is 6.61 Å². The van der Waals surface area contributed by atoms with E-state index < -0.39 is 34.5 Å². The Morgan fingerprint density at radius 3 is 2.66 bits per heavy atom. The molecular weight excluding hydrogens is 498 g/mol. The molecule has 1 unspecified atom stereocenters. The van der Waals surface area contributed by atoms with Crippen molar-refractivity contribution in [1.82, 2.24) is 10.4 Å². The monoisotopic (exact) mass is 517 g/mol. The summed E-state index contributed by atoms with van der Waals surface area (Å²) >= 11 is 6.13. The highest BCUT2D eigenvalue weighted by molar-refractivity contribution is 8.26. The molecule has 2 N–H and O–H groups in total. The van der Waals surface area contributed by atoms with Gasteiger partial charge in [-0.3, -0.25) is 25.1 Å². The molecule has 0 aromatic heterocycles. The second-order valence-corrected chi connectivity index (χ2v) is 8.65. The molecule has 1 aliphatic heterocycles. The molecule has 35 heavy (non-hydrogen) atoms. The number of carboxylic acids is 1. The molecule has 2 aromatic carbocycles. The zero-order chi connectivity index (χ0) is 25.7. The van der Waals surface area contributed by atoms with Gasteiger partial charge < -0.3 is 14.6 Å². The fourth-order valence-corrected chi connectivity index (χ4v) is 4.10. The summed E-state index contributed by atoms with van der Waals surface area (Å²) in [5.41, 5.74) is 2.22. The van der Waals surface area contributed by atoms with E-state index in [0.717, 1.165) is 16.8 Å². The summed E-state index contributed by atoms with van der Waals surface area (Å²) in [5.74, 6) is -2.10. The van der Waals surface area contributed by atoms with Gasteiger partial charge in [0.15, 0.2) is 21.9 Å². The topological polar surface area (TPSA) is 148 Å². The van der Waals surface area contributed by atoms with Gasteiger partial charge in [0.25, 0.3) is 17.5 Å². The smallest absolute Gasteiger partial charge is 0.344 e. The predicted octanol–water partition coefficient (Wildman–Crippen LogP) is 3.39. The Labute approximate surface area is 208 Å². The van der Waals surface area contributed by atoms with Crippen LogP contribution in [0.25, 0.3) is 6.08 Å². The van der Waals surface area contributed by atoms with Gasteiger partial charge in [-0.15, -0.1) is 0 Å². The first kappa shape index (κ1) is 25.6. The molecule has 2 amide bonds. The third kappa shape index (κ3) is 5.94. The number of nitro benzene ring substituents is 1. The molecule has 13 heteroatoms. The van der Waals surface area contributed by atoms with E-state index in [-0.39, 0.29) is 26.3 Å². The van der Waals surface area contributed by atoms with Crippen LogP contribution in [-0.2, 0) is 9.59 Å². The zero-order valence-electron chi connectivity index (χ0n) is 18.4. The lowest BCUT2D eigenvalue weighted by molar-refractivity contribution is -0.385. The molecule has 0 spiro atoms. The predicted molar refractivity (Wildman–Crippen MR) is 131 cm³/mol. The van der Waals surface area contributed by atoms with Crippen LogP contribution in [-0.4, -0.2) is 49.9 Å². The molecule has 0 radical (unpaired) electrons. The van der Waals surface area contributed by atoms with Gasteiger partial charge in [0.05, 0.1) is 16.4 Å². The average Bonchev–Trinajstić information content (AvgIpc) is 3.07. The molecule has 0 saturated carbocycles. The molecule has 11 nitrogen and oxygen atoms in total. The lowest BCUT2D eigenvalue weighted by Gasteiger charge is -2.16. The summed E-state index contributed by atoms with van der Waals surface area (Å²) in [7, 11) is 0. The van der Waals surface area contributed by atoms with E-state index in [1.165, 1.54) is 43.3 Å². The number of benzene rings is 2. The number of carbonyl (C=O) groups is 3. The number of para-hydroxylation sites is 1. The third-order valence-electron chi connectivity index (χ3n) is 4.57. The fraction of sp³-hybridized carbons (Fsp3) is 0.182. The SMILES string of the molecule is CCOc1cc(/C=C2/SC(=S)N(NC(=O)c3ccccc3[N+](=O)[O-])C2=O)ccc1OC(C)C(=O)O. The van der Waals surface area contributed by atoms with Crippen LogP contribution < -0.4 is 14.9 Å². The number of ether oxygens (including phenoxy) is 2. The Morgan fingerprint density at radius 2 is 2.00 bits per heavy atom. The van der Waals surface area contributed by atoms with Crippen LogP contribution in [0, 0.1) is 10.1 Å². The average molecular weight is 518 g/mol. The number of nitro groups is 1. The summed E-state index contributed by atoms with van der Waals surface area (Å²) < 4.78 is 11.0. The molecule has 1 aliphatic rings. The molecule has 1 atom stereocenters. The summed E-state index contributed by atoms with van der Waals surface area (Å²) in [6.07, 6.45) is 0.420. The molecule has 3 rings (SSSR count). The van der Waals surface area contributed by atoms with Crippen LogP contribution in [0.2, 0.25) is 0 Å². The third-order valence-corrected chi connectivity index (χ3v) is 5.87. The van der Waals surface area contributed by atoms with Gasteiger partial charge in [-0.25, -0.2) is 4.79 Å². The Bertz CT molecular complexity index is 1250. The van der Waals surface area contributed by atoms with Gasteiger partial charge in [0, 0.05) is 6.07 Å². The van der Waals surface area contributed by atoms with Crippen molar-refractivity contribution in [3.8, 4) is 11.5 Å². The molecule has 1 heterocycles. The second kappa shape index (κ2) is 11.0. The molecule has 0 bridgehead atoms. The fourth-order valence-electron chi connectivity index (χ4n) is 2.92. The van der Waals surface area contributed by atoms with Crippen molar-refractivity contribution in [3.63, 3.8) is 0 Å². The van der Waals surface area contributed by atoms with Gasteiger partial charge in [0.2, 0.25) is 0 Å². The van der Waals surface area contributed by atoms with Gasteiger partial charge >= 0.3 is 5.97 Å². The number of nitrogens with zero attached hydrogens (tertiary/aromatic N) is 2. The van der Waals surface area contributed by atoms with E-state index in [1.54, 1.807) is 19.1 Å². The molecule has 1 saturated heterocycles. The number of carboxylic acid groups (broad SMARTS) is 1. The number of thiocarbonyl (C=S) groups is 1. The molecular formula is C22H19N3O8S2. The Kier molecular flexibility index (Phi) is 8.04. The first-order chi connectivity index (χ1) is 16.6. The number of hydrogen-bond acceptors (Lipinski definition) is 9. The van der Waals surface area contributed by atoms with Gasteiger partial charge in [-0.05, 0) is 55.9 Å². The number of thioether (sulfide) groups is 1. The molecule has 0 aliphatic carbocycles. The van der Waals surface area contributed by atoms with Crippen molar-refractivity contribution in [3.05, 3.63) is 68.6 Å². The number of amides is 2. The van der Waals surface area contributed by atoms with Crippen LogP contribution in [0.1, 0.15) is 29.8 Å². The molecule has 182 valence electrons. The van der Waals surface area contributed by atoms with Crippen molar-refractivity contribution >= 4 is 57.8 Å². The Hall–Kier alpha value is -3.97. The number of hydrogen-bond donors (Lipinski definition) is 2. The van der Waals surface area contributed by atoms with Crippen molar-refractivity contribution in [2.24, 2.45) is 0 Å².